The zero-order valence-electron chi connectivity index (χ0n) is 11.1. The second-order valence-electron chi connectivity index (χ2n) is 4.69. The SMILES string of the molecule is CS(=O)(=O)NCCNC(=O)CCCNC(=O)C1CC1. The molecule has 0 atom stereocenters. The molecule has 8 heteroatoms. The van der Waals surface area contributed by atoms with Gasteiger partial charge in [0, 0.05) is 32.0 Å². The molecule has 0 aromatic carbocycles. The van der Waals surface area contributed by atoms with Crippen LogP contribution in [-0.4, -0.2) is 46.1 Å². The maximum Gasteiger partial charge on any atom is 0.223 e. The van der Waals surface area contributed by atoms with Crippen LogP contribution >= 0.6 is 0 Å². The van der Waals surface area contributed by atoms with Gasteiger partial charge in [-0.15, -0.1) is 0 Å². The predicted molar refractivity (Wildman–Crippen MR) is 70.8 cm³/mol. The van der Waals surface area contributed by atoms with Crippen LogP contribution in [0.5, 0.6) is 0 Å². The lowest BCUT2D eigenvalue weighted by molar-refractivity contribution is -0.123. The van der Waals surface area contributed by atoms with Gasteiger partial charge in [0.15, 0.2) is 0 Å². The largest absolute Gasteiger partial charge is 0.356 e. The fourth-order valence-electron chi connectivity index (χ4n) is 1.48. The standard InChI is InChI=1S/C11H21N3O4S/c1-19(17,18)14-8-7-12-10(15)3-2-6-13-11(16)9-4-5-9/h9,14H,2-8H2,1H3,(H,12,15)(H,13,16). The Morgan fingerprint density at radius 3 is 2.37 bits per heavy atom. The summed E-state index contributed by atoms with van der Waals surface area (Å²) in [4.78, 5) is 22.6. The molecule has 2 amide bonds. The van der Waals surface area contributed by atoms with Gasteiger partial charge in [-0.2, -0.15) is 0 Å². The molecule has 1 fully saturated rings. The molecule has 0 aliphatic heterocycles. The minimum atomic E-state index is -3.20. The van der Waals surface area contributed by atoms with E-state index in [-0.39, 0.29) is 30.8 Å². The van der Waals surface area contributed by atoms with Crippen molar-refractivity contribution in [2.24, 2.45) is 5.92 Å². The van der Waals surface area contributed by atoms with Gasteiger partial charge in [-0.25, -0.2) is 13.1 Å². The molecule has 0 aromatic rings. The minimum Gasteiger partial charge on any atom is -0.356 e. The highest BCUT2D eigenvalue weighted by Gasteiger charge is 2.28. The van der Waals surface area contributed by atoms with Gasteiger partial charge in [-0.3, -0.25) is 9.59 Å². The second kappa shape index (κ2) is 7.44. The number of carbonyl (C=O) groups is 2. The lowest BCUT2D eigenvalue weighted by Gasteiger charge is -2.06. The summed E-state index contributed by atoms with van der Waals surface area (Å²) in [5.41, 5.74) is 0. The molecule has 0 saturated heterocycles. The Labute approximate surface area is 113 Å². The van der Waals surface area contributed by atoms with Crippen molar-refractivity contribution in [3.05, 3.63) is 0 Å². The molecule has 0 spiro atoms. The van der Waals surface area contributed by atoms with Crippen LogP contribution in [0.3, 0.4) is 0 Å². The van der Waals surface area contributed by atoms with Crippen molar-refractivity contribution >= 4 is 21.8 Å². The van der Waals surface area contributed by atoms with Crippen LogP contribution in [0.15, 0.2) is 0 Å². The zero-order chi connectivity index (χ0) is 14.3. The molecule has 3 N–H and O–H groups in total. The first kappa shape index (κ1) is 15.9. The van der Waals surface area contributed by atoms with Crippen LogP contribution in [0.2, 0.25) is 0 Å². The molecule has 0 bridgehead atoms. The van der Waals surface area contributed by atoms with Crippen molar-refractivity contribution in [1.82, 2.24) is 15.4 Å². The third-order valence-electron chi connectivity index (χ3n) is 2.64. The highest BCUT2D eigenvalue weighted by molar-refractivity contribution is 7.88. The summed E-state index contributed by atoms with van der Waals surface area (Å²) in [6, 6.07) is 0. The number of hydrogen-bond donors (Lipinski definition) is 3. The van der Waals surface area contributed by atoms with Crippen molar-refractivity contribution in [1.29, 1.82) is 0 Å². The van der Waals surface area contributed by atoms with Gasteiger partial charge >= 0.3 is 0 Å². The molecule has 1 aliphatic rings. The van der Waals surface area contributed by atoms with Crippen molar-refractivity contribution in [3.8, 4) is 0 Å². The molecule has 1 aliphatic carbocycles. The van der Waals surface area contributed by atoms with Gasteiger partial charge < -0.3 is 10.6 Å². The van der Waals surface area contributed by atoms with Crippen molar-refractivity contribution in [2.45, 2.75) is 25.7 Å². The lowest BCUT2D eigenvalue weighted by Crippen LogP contribution is -2.34. The summed E-state index contributed by atoms with van der Waals surface area (Å²) in [5.74, 6) is 0.129. The Hall–Kier alpha value is -1.15. The topological polar surface area (TPSA) is 104 Å². The molecule has 0 heterocycles. The number of carbonyl (C=O) groups excluding carboxylic acids is 2. The maximum absolute atomic E-state index is 11.4. The molecule has 19 heavy (non-hydrogen) atoms. The molecule has 1 saturated carbocycles. The van der Waals surface area contributed by atoms with E-state index in [1.807, 2.05) is 0 Å². The summed E-state index contributed by atoms with van der Waals surface area (Å²) < 4.78 is 23.8. The van der Waals surface area contributed by atoms with Gasteiger partial charge in [-0.05, 0) is 19.3 Å². The first-order valence-electron chi connectivity index (χ1n) is 6.37. The van der Waals surface area contributed by atoms with E-state index in [2.05, 4.69) is 15.4 Å². The van der Waals surface area contributed by atoms with E-state index >= 15 is 0 Å². The molecular formula is C11H21N3O4S. The van der Waals surface area contributed by atoms with Crippen molar-refractivity contribution in [2.75, 3.05) is 25.9 Å². The van der Waals surface area contributed by atoms with E-state index in [9.17, 15) is 18.0 Å². The summed E-state index contributed by atoms with van der Waals surface area (Å²) in [6.07, 6.45) is 3.92. The zero-order valence-corrected chi connectivity index (χ0v) is 11.9. The van der Waals surface area contributed by atoms with E-state index in [0.29, 0.717) is 19.4 Å². The molecule has 0 radical (unpaired) electrons. The Balaban J connectivity index is 1.94. The van der Waals surface area contributed by atoms with Crippen LogP contribution in [0, 0.1) is 5.92 Å². The first-order chi connectivity index (χ1) is 8.88. The summed E-state index contributed by atoms with van der Waals surface area (Å²) in [6.45, 7) is 0.952. The van der Waals surface area contributed by atoms with E-state index in [1.54, 1.807) is 0 Å². The Morgan fingerprint density at radius 1 is 1.11 bits per heavy atom. The monoisotopic (exact) mass is 291 g/mol. The van der Waals surface area contributed by atoms with Crippen LogP contribution in [-0.2, 0) is 19.6 Å². The Bertz CT molecular complexity index is 418. The number of nitrogens with one attached hydrogen (secondary N) is 3. The quantitative estimate of drug-likeness (QED) is 0.472. The normalized spacial score (nSPS) is 15.0. The highest BCUT2D eigenvalue weighted by atomic mass is 32.2. The molecule has 0 aromatic heterocycles. The fourth-order valence-corrected chi connectivity index (χ4v) is 1.95. The average molecular weight is 291 g/mol. The smallest absolute Gasteiger partial charge is 0.223 e. The number of amides is 2. The van der Waals surface area contributed by atoms with Gasteiger partial charge in [0.2, 0.25) is 21.8 Å². The van der Waals surface area contributed by atoms with E-state index in [1.165, 1.54) is 0 Å². The minimum absolute atomic E-state index is 0.0813. The average Bonchev–Trinajstić information content (AvgIpc) is 3.12. The van der Waals surface area contributed by atoms with E-state index in [0.717, 1.165) is 19.1 Å². The fraction of sp³-hybridized carbons (Fsp3) is 0.818. The molecule has 1 rings (SSSR count). The van der Waals surface area contributed by atoms with E-state index in [4.69, 9.17) is 0 Å². The molecular weight excluding hydrogens is 270 g/mol. The molecule has 0 unspecified atom stereocenters. The van der Waals surface area contributed by atoms with E-state index < -0.39 is 10.0 Å². The molecule has 7 nitrogen and oxygen atoms in total. The summed E-state index contributed by atoms with van der Waals surface area (Å²) in [5, 5.41) is 5.38. The van der Waals surface area contributed by atoms with Crippen LogP contribution < -0.4 is 15.4 Å². The highest BCUT2D eigenvalue weighted by Crippen LogP contribution is 2.28. The van der Waals surface area contributed by atoms with Gasteiger partial charge in [0.25, 0.3) is 0 Å². The molecule has 110 valence electrons. The van der Waals surface area contributed by atoms with Gasteiger partial charge in [0.1, 0.15) is 0 Å². The maximum atomic E-state index is 11.4. The summed E-state index contributed by atoms with van der Waals surface area (Å²) in [7, 11) is -3.20. The third kappa shape index (κ3) is 8.55. The second-order valence-corrected chi connectivity index (χ2v) is 6.52. The first-order valence-corrected chi connectivity index (χ1v) is 8.26. The Kier molecular flexibility index (Phi) is 6.23. The number of hydrogen-bond acceptors (Lipinski definition) is 4. The van der Waals surface area contributed by atoms with Crippen molar-refractivity contribution in [3.63, 3.8) is 0 Å². The van der Waals surface area contributed by atoms with Crippen LogP contribution in [0.25, 0.3) is 0 Å². The number of rotatable bonds is 9. The third-order valence-corrected chi connectivity index (χ3v) is 3.37. The lowest BCUT2D eigenvalue weighted by atomic mass is 10.3. The summed E-state index contributed by atoms with van der Waals surface area (Å²) >= 11 is 0. The van der Waals surface area contributed by atoms with Gasteiger partial charge in [-0.1, -0.05) is 0 Å². The van der Waals surface area contributed by atoms with Crippen LogP contribution in [0.4, 0.5) is 0 Å². The number of sulfonamides is 1. The Morgan fingerprint density at radius 2 is 1.79 bits per heavy atom. The van der Waals surface area contributed by atoms with Crippen molar-refractivity contribution < 1.29 is 18.0 Å². The van der Waals surface area contributed by atoms with Crippen LogP contribution in [0.1, 0.15) is 25.7 Å². The predicted octanol–water partition coefficient (Wildman–Crippen LogP) is -1.04. The van der Waals surface area contributed by atoms with Gasteiger partial charge in [0.05, 0.1) is 6.26 Å².